The summed E-state index contributed by atoms with van der Waals surface area (Å²) >= 11 is 0. The molecule has 2 amide bonds. The number of imide groups is 1. The van der Waals surface area contributed by atoms with Crippen molar-refractivity contribution in [1.82, 2.24) is 5.32 Å². The van der Waals surface area contributed by atoms with Gasteiger partial charge < -0.3 is 15.3 Å². The molecule has 2 aromatic rings. The van der Waals surface area contributed by atoms with E-state index in [2.05, 4.69) is 5.32 Å². The summed E-state index contributed by atoms with van der Waals surface area (Å²) in [6, 6.07) is 11.6. The first-order valence-electron chi connectivity index (χ1n) is 6.10. The lowest BCUT2D eigenvalue weighted by Gasteiger charge is -2.05. The lowest BCUT2D eigenvalue weighted by molar-refractivity contribution is 0.0879. The van der Waals surface area contributed by atoms with Crippen LogP contribution in [-0.4, -0.2) is 33.3 Å². The Morgan fingerprint density at radius 3 is 2.00 bits per heavy atom. The number of rotatable bonds is 1. The van der Waals surface area contributed by atoms with Gasteiger partial charge >= 0.3 is 6.16 Å². The maximum absolute atomic E-state index is 11.8. The second-order valence-corrected chi connectivity index (χ2v) is 4.34. The van der Waals surface area contributed by atoms with Gasteiger partial charge in [0.2, 0.25) is 0 Å². The maximum Gasteiger partial charge on any atom is 0.503 e. The van der Waals surface area contributed by atoms with Gasteiger partial charge in [0.15, 0.2) is 0 Å². The van der Waals surface area contributed by atoms with Gasteiger partial charge in [-0.3, -0.25) is 14.9 Å². The summed E-state index contributed by atoms with van der Waals surface area (Å²) in [5.41, 5.74) is 2.27. The largest absolute Gasteiger partial charge is 0.508 e. The van der Waals surface area contributed by atoms with Crippen molar-refractivity contribution in [3.63, 3.8) is 0 Å². The second kappa shape index (κ2) is 5.96. The van der Waals surface area contributed by atoms with Crippen LogP contribution in [0.5, 0.6) is 5.75 Å². The number of aromatic hydroxyl groups is 1. The Morgan fingerprint density at radius 1 is 0.864 bits per heavy atom. The molecule has 0 atom stereocenters. The summed E-state index contributed by atoms with van der Waals surface area (Å²) in [6.45, 7) is 0. The maximum atomic E-state index is 11.8. The number of phenols is 1. The number of benzene rings is 2. The number of amides is 2. The van der Waals surface area contributed by atoms with Crippen LogP contribution >= 0.6 is 0 Å². The van der Waals surface area contributed by atoms with Crippen molar-refractivity contribution in [2.75, 3.05) is 0 Å². The fourth-order valence-electron chi connectivity index (χ4n) is 2.10. The molecule has 1 heterocycles. The van der Waals surface area contributed by atoms with E-state index in [4.69, 9.17) is 15.0 Å². The lowest BCUT2D eigenvalue weighted by atomic mass is 9.96. The molecule has 112 valence electrons. The number of nitrogens with one attached hydrogen (secondary N) is 1. The van der Waals surface area contributed by atoms with E-state index in [1.807, 2.05) is 0 Å². The van der Waals surface area contributed by atoms with Gasteiger partial charge in [0.05, 0.1) is 11.1 Å². The van der Waals surface area contributed by atoms with Crippen molar-refractivity contribution < 1.29 is 29.7 Å². The highest BCUT2D eigenvalue weighted by Gasteiger charge is 2.29. The van der Waals surface area contributed by atoms with Crippen molar-refractivity contribution in [1.29, 1.82) is 0 Å². The van der Waals surface area contributed by atoms with Crippen LogP contribution in [-0.2, 0) is 0 Å². The summed E-state index contributed by atoms with van der Waals surface area (Å²) in [6.07, 6.45) is -1.83. The Hall–Kier alpha value is -3.35. The minimum atomic E-state index is -1.83. The standard InChI is InChI=1S/C14H9NO3.CH2O3/c16-9-6-4-8(5-7-9)10-2-1-3-11-12(10)14(18)15-13(11)17;2-1(3)4/h1-7,16H,(H,15,17,18);(H2,2,3,4). The molecule has 0 aromatic heterocycles. The molecule has 0 spiro atoms. The van der Waals surface area contributed by atoms with Gasteiger partial charge in [-0.15, -0.1) is 0 Å². The number of carbonyl (C=O) groups excluding carboxylic acids is 2. The molecule has 3 rings (SSSR count). The first-order chi connectivity index (χ1) is 10.4. The Bertz CT molecular complexity index is 747. The van der Waals surface area contributed by atoms with E-state index in [1.165, 1.54) is 0 Å². The highest BCUT2D eigenvalue weighted by molar-refractivity contribution is 6.24. The quantitative estimate of drug-likeness (QED) is 0.598. The van der Waals surface area contributed by atoms with Crippen LogP contribution in [0.15, 0.2) is 42.5 Å². The van der Waals surface area contributed by atoms with Gasteiger partial charge in [0.1, 0.15) is 5.75 Å². The molecule has 0 radical (unpaired) electrons. The average Bonchev–Trinajstić information content (AvgIpc) is 2.75. The smallest absolute Gasteiger partial charge is 0.503 e. The van der Waals surface area contributed by atoms with Crippen LogP contribution in [0.3, 0.4) is 0 Å². The average molecular weight is 301 g/mol. The van der Waals surface area contributed by atoms with E-state index in [1.54, 1.807) is 42.5 Å². The molecule has 7 heteroatoms. The van der Waals surface area contributed by atoms with E-state index in [-0.39, 0.29) is 17.6 Å². The second-order valence-electron chi connectivity index (χ2n) is 4.34. The highest BCUT2D eigenvalue weighted by Crippen LogP contribution is 2.29. The summed E-state index contributed by atoms with van der Waals surface area (Å²) in [5, 5.41) is 25.5. The zero-order valence-corrected chi connectivity index (χ0v) is 11.1. The minimum absolute atomic E-state index is 0.159. The van der Waals surface area contributed by atoms with Crippen LogP contribution < -0.4 is 5.32 Å². The number of hydrogen-bond acceptors (Lipinski definition) is 4. The Balaban J connectivity index is 0.000000396. The van der Waals surface area contributed by atoms with Gasteiger partial charge in [-0.05, 0) is 29.3 Å². The van der Waals surface area contributed by atoms with Gasteiger partial charge in [0.25, 0.3) is 11.8 Å². The van der Waals surface area contributed by atoms with Crippen molar-refractivity contribution in [2.45, 2.75) is 0 Å². The van der Waals surface area contributed by atoms with Crippen LogP contribution in [0, 0.1) is 0 Å². The molecule has 0 aliphatic carbocycles. The monoisotopic (exact) mass is 301 g/mol. The SMILES string of the molecule is O=C(O)O.O=C1NC(=O)c2c1cccc2-c1ccc(O)cc1. The molecule has 2 aromatic carbocycles. The first-order valence-corrected chi connectivity index (χ1v) is 6.10. The predicted molar refractivity (Wildman–Crippen MR) is 76.0 cm³/mol. The number of hydrogen-bond donors (Lipinski definition) is 4. The summed E-state index contributed by atoms with van der Waals surface area (Å²) in [4.78, 5) is 31.9. The molecule has 22 heavy (non-hydrogen) atoms. The van der Waals surface area contributed by atoms with Crippen LogP contribution in [0.2, 0.25) is 0 Å². The number of carbonyl (C=O) groups is 3. The summed E-state index contributed by atoms with van der Waals surface area (Å²) in [7, 11) is 0. The normalized spacial score (nSPS) is 12.0. The van der Waals surface area contributed by atoms with Crippen molar-refractivity contribution in [3.8, 4) is 16.9 Å². The first kappa shape index (κ1) is 15.0. The third-order valence-corrected chi connectivity index (χ3v) is 2.94. The molecule has 0 bridgehead atoms. The topological polar surface area (TPSA) is 124 Å². The number of phenolic OH excluding ortho intramolecular Hbond substituents is 1. The Labute approximate surface area is 124 Å². The lowest BCUT2D eigenvalue weighted by Crippen LogP contribution is -2.20. The molecular weight excluding hydrogens is 290 g/mol. The molecule has 1 aliphatic rings. The van der Waals surface area contributed by atoms with Gasteiger partial charge in [-0.25, -0.2) is 4.79 Å². The molecule has 0 unspecified atom stereocenters. The summed E-state index contributed by atoms with van der Waals surface area (Å²) < 4.78 is 0. The third-order valence-electron chi connectivity index (χ3n) is 2.94. The van der Waals surface area contributed by atoms with Crippen molar-refractivity contribution >= 4 is 18.0 Å². The minimum Gasteiger partial charge on any atom is -0.508 e. The van der Waals surface area contributed by atoms with E-state index in [0.29, 0.717) is 16.7 Å². The zero-order valence-electron chi connectivity index (χ0n) is 11.1. The predicted octanol–water partition coefficient (Wildman–Crippen LogP) is 2.17. The molecule has 7 nitrogen and oxygen atoms in total. The van der Waals surface area contributed by atoms with Crippen molar-refractivity contribution in [2.24, 2.45) is 0 Å². The highest BCUT2D eigenvalue weighted by atomic mass is 16.6. The zero-order chi connectivity index (χ0) is 16.3. The summed E-state index contributed by atoms with van der Waals surface area (Å²) in [5.74, 6) is -0.582. The molecular formula is C15H11NO6. The van der Waals surface area contributed by atoms with E-state index >= 15 is 0 Å². The fraction of sp³-hybridized carbons (Fsp3) is 0. The van der Waals surface area contributed by atoms with Crippen LogP contribution in [0.4, 0.5) is 4.79 Å². The fourth-order valence-corrected chi connectivity index (χ4v) is 2.10. The van der Waals surface area contributed by atoms with E-state index in [0.717, 1.165) is 5.56 Å². The van der Waals surface area contributed by atoms with Gasteiger partial charge in [0, 0.05) is 0 Å². The molecule has 0 saturated heterocycles. The van der Waals surface area contributed by atoms with Crippen LogP contribution in [0.1, 0.15) is 20.7 Å². The molecule has 4 N–H and O–H groups in total. The third kappa shape index (κ3) is 3.04. The molecule has 0 fully saturated rings. The van der Waals surface area contributed by atoms with Crippen molar-refractivity contribution in [3.05, 3.63) is 53.6 Å². The van der Waals surface area contributed by atoms with E-state index in [9.17, 15) is 14.7 Å². The van der Waals surface area contributed by atoms with Gasteiger partial charge in [-0.2, -0.15) is 0 Å². The Kier molecular flexibility index (Phi) is 4.08. The number of carboxylic acid groups (broad SMARTS) is 2. The Morgan fingerprint density at radius 2 is 1.41 bits per heavy atom. The van der Waals surface area contributed by atoms with Crippen LogP contribution in [0.25, 0.3) is 11.1 Å². The molecule has 0 saturated carbocycles. The number of fused-ring (bicyclic) bond motifs is 1. The van der Waals surface area contributed by atoms with Gasteiger partial charge in [-0.1, -0.05) is 24.3 Å². The molecule has 1 aliphatic heterocycles. The van der Waals surface area contributed by atoms with E-state index < -0.39 is 6.16 Å².